The van der Waals surface area contributed by atoms with E-state index in [-0.39, 0.29) is 17.5 Å². The van der Waals surface area contributed by atoms with Crippen LogP contribution >= 0.6 is 0 Å². The number of hydrogen-bond acceptors (Lipinski definition) is 1. The molecule has 0 saturated carbocycles. The summed E-state index contributed by atoms with van der Waals surface area (Å²) in [7, 11) is 1.74. The molecule has 0 amide bonds. The van der Waals surface area contributed by atoms with Crippen molar-refractivity contribution in [2.24, 2.45) is 5.92 Å². The lowest BCUT2D eigenvalue weighted by Crippen LogP contribution is -2.25. The fraction of sp³-hybridized carbons (Fsp3) is 0.538. The molecule has 0 fully saturated rings. The van der Waals surface area contributed by atoms with Crippen molar-refractivity contribution in [1.29, 1.82) is 0 Å². The maximum absolute atomic E-state index is 13.6. The van der Waals surface area contributed by atoms with E-state index in [1.807, 2.05) is 6.92 Å². The Kier molecular flexibility index (Phi) is 4.87. The fourth-order valence-electron chi connectivity index (χ4n) is 2.14. The van der Waals surface area contributed by atoms with Crippen LogP contribution in [0, 0.1) is 17.6 Å². The third-order valence-electron chi connectivity index (χ3n) is 2.93. The first-order valence-electron chi connectivity index (χ1n) is 5.73. The first kappa shape index (κ1) is 13.1. The molecule has 1 N–H and O–H groups in total. The monoisotopic (exact) mass is 227 g/mol. The van der Waals surface area contributed by atoms with E-state index in [1.165, 1.54) is 18.2 Å². The van der Waals surface area contributed by atoms with Gasteiger partial charge in [0.05, 0.1) is 0 Å². The first-order valence-corrected chi connectivity index (χ1v) is 5.73. The highest BCUT2D eigenvalue weighted by Crippen LogP contribution is 2.29. The van der Waals surface area contributed by atoms with Crippen LogP contribution in [0.5, 0.6) is 0 Å². The molecule has 2 unspecified atom stereocenters. The van der Waals surface area contributed by atoms with Gasteiger partial charge in [-0.05, 0) is 31.5 Å². The van der Waals surface area contributed by atoms with Crippen LogP contribution in [-0.4, -0.2) is 7.05 Å². The van der Waals surface area contributed by atoms with Crippen molar-refractivity contribution in [2.75, 3.05) is 7.05 Å². The predicted octanol–water partition coefficient (Wildman–Crippen LogP) is 3.66. The highest BCUT2D eigenvalue weighted by Gasteiger charge is 2.23. The van der Waals surface area contributed by atoms with Crippen molar-refractivity contribution in [2.45, 2.75) is 32.7 Å². The topological polar surface area (TPSA) is 12.0 Å². The Labute approximate surface area is 95.9 Å². The Morgan fingerprint density at radius 2 is 1.81 bits per heavy atom. The van der Waals surface area contributed by atoms with E-state index >= 15 is 0 Å². The molecule has 90 valence electrons. The Morgan fingerprint density at radius 1 is 1.25 bits per heavy atom. The fourth-order valence-corrected chi connectivity index (χ4v) is 2.14. The quantitative estimate of drug-likeness (QED) is 0.809. The number of nitrogens with one attached hydrogen (secondary N) is 1. The molecule has 1 rings (SSSR count). The van der Waals surface area contributed by atoms with Gasteiger partial charge in [0.2, 0.25) is 0 Å². The van der Waals surface area contributed by atoms with Gasteiger partial charge in [0.1, 0.15) is 11.6 Å². The second-order valence-corrected chi connectivity index (χ2v) is 4.17. The summed E-state index contributed by atoms with van der Waals surface area (Å²) < 4.78 is 27.2. The molecule has 0 saturated heterocycles. The highest BCUT2D eigenvalue weighted by atomic mass is 19.1. The number of halogens is 2. The summed E-state index contributed by atoms with van der Waals surface area (Å²) in [6, 6.07) is 3.75. The number of benzene rings is 1. The van der Waals surface area contributed by atoms with Crippen LogP contribution in [0.15, 0.2) is 18.2 Å². The largest absolute Gasteiger partial charge is 0.313 e. The zero-order chi connectivity index (χ0) is 12.1. The van der Waals surface area contributed by atoms with Crippen LogP contribution in [0.1, 0.15) is 38.3 Å². The molecule has 0 bridgehead atoms. The van der Waals surface area contributed by atoms with Crippen molar-refractivity contribution < 1.29 is 8.78 Å². The Morgan fingerprint density at radius 3 is 2.25 bits per heavy atom. The summed E-state index contributed by atoms with van der Waals surface area (Å²) in [5.41, 5.74) is 0.158. The SMILES string of the molecule is CCCC(C)C(NC)c1c(F)cccc1F. The van der Waals surface area contributed by atoms with E-state index in [2.05, 4.69) is 12.2 Å². The summed E-state index contributed by atoms with van der Waals surface area (Å²) in [5.74, 6) is -0.731. The highest BCUT2D eigenvalue weighted by molar-refractivity contribution is 5.23. The maximum atomic E-state index is 13.6. The number of rotatable bonds is 5. The Balaban J connectivity index is 3.03. The summed E-state index contributed by atoms with van der Waals surface area (Å²) in [4.78, 5) is 0. The van der Waals surface area contributed by atoms with Gasteiger partial charge in [-0.15, -0.1) is 0 Å². The molecule has 1 aromatic rings. The summed E-state index contributed by atoms with van der Waals surface area (Å²) in [6.45, 7) is 4.08. The third-order valence-corrected chi connectivity index (χ3v) is 2.93. The van der Waals surface area contributed by atoms with Crippen LogP contribution < -0.4 is 5.32 Å². The zero-order valence-corrected chi connectivity index (χ0v) is 10.1. The van der Waals surface area contributed by atoms with Gasteiger partial charge in [-0.25, -0.2) is 8.78 Å². The zero-order valence-electron chi connectivity index (χ0n) is 10.1. The molecule has 16 heavy (non-hydrogen) atoms. The standard InChI is InChI=1S/C13H19F2N/c1-4-6-9(2)13(16-3)12-10(14)7-5-8-11(12)15/h5,7-9,13,16H,4,6H2,1-3H3. The van der Waals surface area contributed by atoms with E-state index in [4.69, 9.17) is 0 Å². The molecular formula is C13H19F2N. The molecule has 0 aliphatic carbocycles. The van der Waals surface area contributed by atoms with Gasteiger partial charge in [0.15, 0.2) is 0 Å². The predicted molar refractivity (Wildman–Crippen MR) is 62.2 cm³/mol. The second kappa shape index (κ2) is 5.94. The third kappa shape index (κ3) is 2.79. The normalized spacial score (nSPS) is 14.8. The van der Waals surface area contributed by atoms with Crippen molar-refractivity contribution in [3.8, 4) is 0 Å². The average Bonchev–Trinajstić information content (AvgIpc) is 2.24. The van der Waals surface area contributed by atoms with Gasteiger partial charge >= 0.3 is 0 Å². The molecule has 1 aromatic carbocycles. The van der Waals surface area contributed by atoms with E-state index in [9.17, 15) is 8.78 Å². The molecular weight excluding hydrogens is 208 g/mol. The molecule has 0 spiro atoms. The van der Waals surface area contributed by atoms with Crippen LogP contribution in [0.4, 0.5) is 8.78 Å². The van der Waals surface area contributed by atoms with E-state index < -0.39 is 11.6 Å². The second-order valence-electron chi connectivity index (χ2n) is 4.17. The van der Waals surface area contributed by atoms with E-state index in [0.717, 1.165) is 12.8 Å². The van der Waals surface area contributed by atoms with Crippen molar-refractivity contribution in [1.82, 2.24) is 5.32 Å². The van der Waals surface area contributed by atoms with Gasteiger partial charge in [0, 0.05) is 11.6 Å². The first-order chi connectivity index (χ1) is 7.61. The van der Waals surface area contributed by atoms with E-state index in [0.29, 0.717) is 0 Å². The van der Waals surface area contributed by atoms with Crippen LogP contribution in [0.2, 0.25) is 0 Å². The van der Waals surface area contributed by atoms with Gasteiger partial charge < -0.3 is 5.32 Å². The molecule has 0 heterocycles. The lowest BCUT2D eigenvalue weighted by molar-refractivity contribution is 0.359. The smallest absolute Gasteiger partial charge is 0.130 e. The summed E-state index contributed by atoms with van der Waals surface area (Å²) in [6.07, 6.45) is 1.95. The lowest BCUT2D eigenvalue weighted by Gasteiger charge is -2.24. The Bertz CT molecular complexity index is 318. The van der Waals surface area contributed by atoms with Crippen molar-refractivity contribution >= 4 is 0 Å². The van der Waals surface area contributed by atoms with Gasteiger partial charge in [0.25, 0.3) is 0 Å². The molecule has 0 aliphatic heterocycles. The minimum absolute atomic E-state index is 0.158. The summed E-state index contributed by atoms with van der Waals surface area (Å²) >= 11 is 0. The molecule has 0 radical (unpaired) electrons. The van der Waals surface area contributed by atoms with Crippen LogP contribution in [-0.2, 0) is 0 Å². The van der Waals surface area contributed by atoms with Crippen molar-refractivity contribution in [3.05, 3.63) is 35.4 Å². The maximum Gasteiger partial charge on any atom is 0.130 e. The minimum Gasteiger partial charge on any atom is -0.313 e. The minimum atomic E-state index is -0.470. The van der Waals surface area contributed by atoms with Crippen LogP contribution in [0.25, 0.3) is 0 Å². The van der Waals surface area contributed by atoms with E-state index in [1.54, 1.807) is 7.05 Å². The lowest BCUT2D eigenvalue weighted by atomic mass is 9.90. The van der Waals surface area contributed by atoms with Gasteiger partial charge in [-0.1, -0.05) is 26.3 Å². The van der Waals surface area contributed by atoms with Crippen LogP contribution in [0.3, 0.4) is 0 Å². The molecule has 2 atom stereocenters. The van der Waals surface area contributed by atoms with Gasteiger partial charge in [-0.2, -0.15) is 0 Å². The molecule has 0 aliphatic rings. The average molecular weight is 227 g/mol. The number of hydrogen-bond donors (Lipinski definition) is 1. The van der Waals surface area contributed by atoms with Crippen molar-refractivity contribution in [3.63, 3.8) is 0 Å². The summed E-state index contributed by atoms with van der Waals surface area (Å²) in [5, 5.41) is 3.00. The molecule has 3 heteroatoms. The molecule has 1 nitrogen and oxygen atoms in total. The Hall–Kier alpha value is -0.960. The molecule has 0 aromatic heterocycles. The van der Waals surface area contributed by atoms with Gasteiger partial charge in [-0.3, -0.25) is 0 Å².